The van der Waals surface area contributed by atoms with Crippen LogP contribution in [-0.4, -0.2) is 10.9 Å². The fourth-order valence-corrected chi connectivity index (χ4v) is 1.54. The molecule has 0 radical (unpaired) electrons. The summed E-state index contributed by atoms with van der Waals surface area (Å²) in [5, 5.41) is 3.20. The van der Waals surface area contributed by atoms with Gasteiger partial charge >= 0.3 is 0 Å². The molecule has 1 aromatic rings. The molecule has 1 saturated carbocycles. The standard InChI is InChI=1S/C10H11ClN2O/c1-6-5-7(6)10(14)13-9-8(11)3-2-4-12-9/h2-4,6-7H,5H2,1H3,(H,12,13,14). The van der Waals surface area contributed by atoms with Gasteiger partial charge in [0.1, 0.15) is 0 Å². The van der Waals surface area contributed by atoms with Crippen molar-refractivity contribution in [3.63, 3.8) is 0 Å². The molecule has 1 aliphatic carbocycles. The molecule has 0 aliphatic heterocycles. The summed E-state index contributed by atoms with van der Waals surface area (Å²) in [6, 6.07) is 3.44. The lowest BCUT2D eigenvalue weighted by atomic mass is 10.3. The Morgan fingerprint density at radius 1 is 1.71 bits per heavy atom. The van der Waals surface area contributed by atoms with Crippen molar-refractivity contribution >= 4 is 23.3 Å². The molecule has 1 heterocycles. The number of anilines is 1. The van der Waals surface area contributed by atoms with Crippen LogP contribution in [0.4, 0.5) is 5.82 Å². The summed E-state index contributed by atoms with van der Waals surface area (Å²) in [7, 11) is 0. The zero-order chi connectivity index (χ0) is 10.1. The van der Waals surface area contributed by atoms with Crippen LogP contribution in [-0.2, 0) is 4.79 Å². The maximum atomic E-state index is 11.5. The highest BCUT2D eigenvalue weighted by Crippen LogP contribution is 2.38. The van der Waals surface area contributed by atoms with Crippen molar-refractivity contribution in [2.75, 3.05) is 5.32 Å². The van der Waals surface area contributed by atoms with Crippen LogP contribution in [0.5, 0.6) is 0 Å². The van der Waals surface area contributed by atoms with Crippen LogP contribution >= 0.6 is 11.6 Å². The van der Waals surface area contributed by atoms with E-state index in [9.17, 15) is 4.79 Å². The van der Waals surface area contributed by atoms with Gasteiger partial charge in [-0.15, -0.1) is 0 Å². The molecule has 4 heteroatoms. The Kier molecular flexibility index (Phi) is 2.42. The van der Waals surface area contributed by atoms with Gasteiger partial charge in [0.15, 0.2) is 5.82 Å². The van der Waals surface area contributed by atoms with E-state index in [-0.39, 0.29) is 11.8 Å². The molecule has 1 N–H and O–H groups in total. The molecule has 2 rings (SSSR count). The van der Waals surface area contributed by atoms with Gasteiger partial charge in [0.05, 0.1) is 5.02 Å². The molecule has 1 fully saturated rings. The third-order valence-corrected chi connectivity index (χ3v) is 2.75. The molecule has 74 valence electrons. The van der Waals surface area contributed by atoms with Crippen LogP contribution in [0.3, 0.4) is 0 Å². The summed E-state index contributed by atoms with van der Waals surface area (Å²) >= 11 is 5.85. The fourth-order valence-electron chi connectivity index (χ4n) is 1.37. The zero-order valence-electron chi connectivity index (χ0n) is 7.83. The fraction of sp³-hybridized carbons (Fsp3) is 0.400. The number of hydrogen-bond donors (Lipinski definition) is 1. The minimum Gasteiger partial charge on any atom is -0.309 e. The number of carbonyl (C=O) groups excluding carboxylic acids is 1. The van der Waals surface area contributed by atoms with Gasteiger partial charge < -0.3 is 5.32 Å². The number of hydrogen-bond acceptors (Lipinski definition) is 2. The first-order valence-electron chi connectivity index (χ1n) is 4.60. The summed E-state index contributed by atoms with van der Waals surface area (Å²) in [5.74, 6) is 1.13. The van der Waals surface area contributed by atoms with Gasteiger partial charge in [-0.2, -0.15) is 0 Å². The van der Waals surface area contributed by atoms with Crippen LogP contribution in [0.1, 0.15) is 13.3 Å². The molecule has 2 unspecified atom stereocenters. The smallest absolute Gasteiger partial charge is 0.228 e. The minimum absolute atomic E-state index is 0.0260. The second-order valence-electron chi connectivity index (χ2n) is 3.64. The first-order chi connectivity index (χ1) is 6.68. The lowest BCUT2D eigenvalue weighted by Gasteiger charge is -2.04. The van der Waals surface area contributed by atoms with Crippen molar-refractivity contribution < 1.29 is 4.79 Å². The predicted molar refractivity (Wildman–Crippen MR) is 55.1 cm³/mol. The number of nitrogens with one attached hydrogen (secondary N) is 1. The Labute approximate surface area is 87.5 Å². The number of aromatic nitrogens is 1. The Morgan fingerprint density at radius 3 is 3.00 bits per heavy atom. The highest BCUT2D eigenvalue weighted by Gasteiger charge is 2.39. The highest BCUT2D eigenvalue weighted by atomic mass is 35.5. The van der Waals surface area contributed by atoms with Crippen molar-refractivity contribution in [2.24, 2.45) is 11.8 Å². The molecule has 0 saturated heterocycles. The molecule has 14 heavy (non-hydrogen) atoms. The van der Waals surface area contributed by atoms with Crippen LogP contribution in [0.2, 0.25) is 5.02 Å². The third kappa shape index (κ3) is 1.87. The third-order valence-electron chi connectivity index (χ3n) is 2.45. The Hall–Kier alpha value is -1.09. The van der Waals surface area contributed by atoms with Crippen molar-refractivity contribution in [1.82, 2.24) is 4.98 Å². The maximum Gasteiger partial charge on any atom is 0.228 e. The van der Waals surface area contributed by atoms with E-state index in [1.165, 1.54) is 0 Å². The first-order valence-corrected chi connectivity index (χ1v) is 4.97. The van der Waals surface area contributed by atoms with Gasteiger partial charge in [0.2, 0.25) is 5.91 Å². The minimum atomic E-state index is 0.0260. The second-order valence-corrected chi connectivity index (χ2v) is 4.05. The van der Waals surface area contributed by atoms with Crippen LogP contribution in [0, 0.1) is 11.8 Å². The molecule has 0 bridgehead atoms. The van der Waals surface area contributed by atoms with E-state index in [4.69, 9.17) is 11.6 Å². The van der Waals surface area contributed by atoms with Gasteiger partial charge in [0, 0.05) is 12.1 Å². The SMILES string of the molecule is CC1CC1C(=O)Nc1ncccc1Cl. The summed E-state index contributed by atoms with van der Waals surface area (Å²) < 4.78 is 0. The normalized spacial score (nSPS) is 24.4. The largest absolute Gasteiger partial charge is 0.309 e. The summed E-state index contributed by atoms with van der Waals surface area (Å²) in [6.45, 7) is 2.06. The van der Waals surface area contributed by atoms with E-state index < -0.39 is 0 Å². The number of nitrogens with zero attached hydrogens (tertiary/aromatic N) is 1. The molecule has 2 atom stereocenters. The summed E-state index contributed by atoms with van der Waals surface area (Å²) in [6.07, 6.45) is 2.58. The molecule has 1 amide bonds. The van der Waals surface area contributed by atoms with Gasteiger partial charge in [-0.25, -0.2) is 4.98 Å². The van der Waals surface area contributed by atoms with E-state index in [1.807, 2.05) is 0 Å². The summed E-state index contributed by atoms with van der Waals surface area (Å²) in [4.78, 5) is 15.5. The van der Waals surface area contributed by atoms with E-state index in [0.717, 1.165) is 6.42 Å². The zero-order valence-corrected chi connectivity index (χ0v) is 8.58. The van der Waals surface area contributed by atoms with Gasteiger partial charge in [0.25, 0.3) is 0 Å². The topological polar surface area (TPSA) is 42.0 Å². The Bertz CT molecular complexity index is 367. The Morgan fingerprint density at radius 2 is 2.43 bits per heavy atom. The average molecular weight is 211 g/mol. The lowest BCUT2D eigenvalue weighted by Crippen LogP contribution is -2.15. The number of pyridine rings is 1. The highest BCUT2D eigenvalue weighted by molar-refractivity contribution is 6.33. The number of rotatable bonds is 2. The van der Waals surface area contributed by atoms with E-state index in [0.29, 0.717) is 16.8 Å². The first kappa shape index (κ1) is 9.46. The van der Waals surface area contributed by atoms with Crippen molar-refractivity contribution in [2.45, 2.75) is 13.3 Å². The summed E-state index contributed by atoms with van der Waals surface area (Å²) in [5.41, 5.74) is 0. The van der Waals surface area contributed by atoms with Crippen LogP contribution in [0.15, 0.2) is 18.3 Å². The quantitative estimate of drug-likeness (QED) is 0.814. The maximum absolute atomic E-state index is 11.5. The van der Waals surface area contributed by atoms with E-state index >= 15 is 0 Å². The van der Waals surface area contributed by atoms with Crippen LogP contribution in [0.25, 0.3) is 0 Å². The number of halogens is 1. The van der Waals surface area contributed by atoms with Crippen LogP contribution < -0.4 is 5.32 Å². The van der Waals surface area contributed by atoms with Gasteiger partial charge in [-0.05, 0) is 24.5 Å². The molecule has 1 aliphatic rings. The van der Waals surface area contributed by atoms with Gasteiger partial charge in [-0.3, -0.25) is 4.79 Å². The lowest BCUT2D eigenvalue weighted by molar-refractivity contribution is -0.117. The monoisotopic (exact) mass is 210 g/mol. The van der Waals surface area contributed by atoms with Crippen molar-refractivity contribution in [1.29, 1.82) is 0 Å². The number of amides is 1. The molecular formula is C10H11ClN2O. The van der Waals surface area contributed by atoms with Crippen molar-refractivity contribution in [3.05, 3.63) is 23.4 Å². The van der Waals surface area contributed by atoms with E-state index in [1.54, 1.807) is 18.3 Å². The van der Waals surface area contributed by atoms with E-state index in [2.05, 4.69) is 17.2 Å². The molecule has 1 aromatic heterocycles. The Balaban J connectivity index is 2.04. The predicted octanol–water partition coefficient (Wildman–Crippen LogP) is 2.33. The number of carbonyl (C=O) groups is 1. The van der Waals surface area contributed by atoms with Gasteiger partial charge in [-0.1, -0.05) is 18.5 Å². The second kappa shape index (κ2) is 3.58. The molecular weight excluding hydrogens is 200 g/mol. The average Bonchev–Trinajstić information content (AvgIpc) is 2.87. The molecule has 0 aromatic carbocycles. The molecule has 0 spiro atoms. The molecule has 3 nitrogen and oxygen atoms in total. The van der Waals surface area contributed by atoms with Crippen molar-refractivity contribution in [3.8, 4) is 0 Å².